The van der Waals surface area contributed by atoms with Crippen LogP contribution in [0.3, 0.4) is 0 Å². The predicted octanol–water partition coefficient (Wildman–Crippen LogP) is 3.07. The number of ketones is 1. The molecule has 3 heteroatoms. The molecule has 0 aliphatic carbocycles. The van der Waals surface area contributed by atoms with Crippen LogP contribution in [0.1, 0.15) is 22.8 Å². The summed E-state index contributed by atoms with van der Waals surface area (Å²) in [5.41, 5.74) is 2.63. The van der Waals surface area contributed by atoms with Gasteiger partial charge in [-0.1, -0.05) is 37.8 Å². The van der Waals surface area contributed by atoms with Gasteiger partial charge >= 0.3 is 0 Å². The number of allylic oxidation sites excluding steroid dienone is 1. The van der Waals surface area contributed by atoms with Crippen molar-refractivity contribution in [2.75, 3.05) is 0 Å². The molecule has 1 aromatic carbocycles. The van der Waals surface area contributed by atoms with Crippen LogP contribution >= 0.6 is 0 Å². The molecule has 0 atom stereocenters. The van der Waals surface area contributed by atoms with E-state index in [0.29, 0.717) is 11.4 Å². The number of hydrogen-bond donors (Lipinski definition) is 0. The van der Waals surface area contributed by atoms with Gasteiger partial charge in [-0.3, -0.25) is 4.79 Å². The van der Waals surface area contributed by atoms with Crippen LogP contribution in [0.15, 0.2) is 49.3 Å². The Morgan fingerprint density at radius 3 is 2.33 bits per heavy atom. The van der Waals surface area contributed by atoms with Crippen molar-refractivity contribution in [2.45, 2.75) is 13.3 Å². The Balaban J connectivity index is 2.28. The van der Waals surface area contributed by atoms with Gasteiger partial charge in [0.05, 0.1) is 0 Å². The molecule has 90 valence electrons. The highest BCUT2D eigenvalue weighted by Gasteiger charge is 2.04. The molecule has 0 fully saturated rings. The van der Waals surface area contributed by atoms with Crippen molar-refractivity contribution in [2.24, 2.45) is 0 Å². The predicted molar refractivity (Wildman–Crippen MR) is 71.4 cm³/mol. The molecule has 3 nitrogen and oxygen atoms in total. The summed E-state index contributed by atoms with van der Waals surface area (Å²) in [5.74, 6) is 0.591. The smallest absolute Gasteiger partial charge is 0.185 e. The van der Waals surface area contributed by atoms with E-state index in [1.54, 1.807) is 12.1 Å². The van der Waals surface area contributed by atoms with Gasteiger partial charge in [-0.05, 0) is 18.1 Å². The molecule has 0 amide bonds. The van der Waals surface area contributed by atoms with Crippen LogP contribution in [0.4, 0.5) is 0 Å². The highest BCUT2D eigenvalue weighted by atomic mass is 16.1. The first-order valence-corrected chi connectivity index (χ1v) is 5.82. The Hall–Kier alpha value is -2.29. The summed E-state index contributed by atoms with van der Waals surface area (Å²) in [6.07, 6.45) is 5.88. The fourth-order valence-electron chi connectivity index (χ4n) is 1.59. The van der Waals surface area contributed by atoms with E-state index in [0.717, 1.165) is 17.5 Å². The third kappa shape index (κ3) is 2.51. The van der Waals surface area contributed by atoms with Gasteiger partial charge in [0.2, 0.25) is 0 Å². The molecule has 0 unspecified atom stereocenters. The fraction of sp³-hybridized carbons (Fsp3) is 0.133. The lowest BCUT2D eigenvalue weighted by molar-refractivity contribution is 0.104. The van der Waals surface area contributed by atoms with Crippen molar-refractivity contribution in [3.8, 4) is 11.4 Å². The lowest BCUT2D eigenvalue weighted by Gasteiger charge is -2.02. The molecule has 18 heavy (non-hydrogen) atoms. The number of rotatable bonds is 4. The van der Waals surface area contributed by atoms with Gasteiger partial charge in [-0.2, -0.15) is 0 Å². The van der Waals surface area contributed by atoms with Gasteiger partial charge in [-0.25, -0.2) is 9.97 Å². The normalized spacial score (nSPS) is 10.1. The Morgan fingerprint density at radius 2 is 1.83 bits per heavy atom. The van der Waals surface area contributed by atoms with Gasteiger partial charge in [0.15, 0.2) is 11.6 Å². The number of carbonyl (C=O) groups excluding carboxylic acids is 1. The number of aryl methyl sites for hydroxylation is 1. The highest BCUT2D eigenvalue weighted by Crippen LogP contribution is 2.15. The van der Waals surface area contributed by atoms with Crippen molar-refractivity contribution in [1.82, 2.24) is 9.97 Å². The zero-order valence-corrected chi connectivity index (χ0v) is 10.3. The molecule has 2 aromatic rings. The average molecular weight is 238 g/mol. The summed E-state index contributed by atoms with van der Waals surface area (Å²) in [6, 6.07) is 7.21. The van der Waals surface area contributed by atoms with Gasteiger partial charge < -0.3 is 0 Å². The monoisotopic (exact) mass is 238 g/mol. The van der Waals surface area contributed by atoms with Gasteiger partial charge in [0, 0.05) is 23.5 Å². The third-order valence-corrected chi connectivity index (χ3v) is 2.73. The maximum absolute atomic E-state index is 11.4. The third-order valence-electron chi connectivity index (χ3n) is 2.73. The second-order valence-corrected chi connectivity index (χ2v) is 3.91. The van der Waals surface area contributed by atoms with E-state index >= 15 is 0 Å². The number of aromatic nitrogens is 2. The summed E-state index contributed by atoms with van der Waals surface area (Å²) in [6.45, 7) is 5.53. The quantitative estimate of drug-likeness (QED) is 0.607. The van der Waals surface area contributed by atoms with Crippen LogP contribution in [0.2, 0.25) is 0 Å². The van der Waals surface area contributed by atoms with Crippen molar-refractivity contribution in [3.63, 3.8) is 0 Å². The van der Waals surface area contributed by atoms with Crippen LogP contribution in [-0.2, 0) is 6.42 Å². The van der Waals surface area contributed by atoms with E-state index in [1.165, 1.54) is 6.08 Å². The first kappa shape index (κ1) is 12.2. The number of hydrogen-bond acceptors (Lipinski definition) is 3. The maximum atomic E-state index is 11.4. The van der Waals surface area contributed by atoms with E-state index in [-0.39, 0.29) is 5.78 Å². The Bertz CT molecular complexity index is 556. The molecular weight excluding hydrogens is 224 g/mol. The summed E-state index contributed by atoms with van der Waals surface area (Å²) >= 11 is 0. The zero-order chi connectivity index (χ0) is 13.0. The topological polar surface area (TPSA) is 42.9 Å². The molecule has 0 saturated carbocycles. The molecular formula is C15H14N2O. The Labute approximate surface area is 106 Å². The minimum atomic E-state index is -0.0798. The van der Waals surface area contributed by atoms with Gasteiger partial charge in [0.25, 0.3) is 0 Å². The second kappa shape index (κ2) is 5.36. The van der Waals surface area contributed by atoms with Gasteiger partial charge in [0.1, 0.15) is 0 Å². The first-order chi connectivity index (χ1) is 8.74. The molecule has 0 aliphatic heterocycles. The minimum absolute atomic E-state index is 0.0798. The van der Waals surface area contributed by atoms with Crippen molar-refractivity contribution < 1.29 is 4.79 Å². The lowest BCUT2D eigenvalue weighted by atomic mass is 10.1. The number of nitrogens with zero attached hydrogens (tertiary/aromatic N) is 2. The lowest BCUT2D eigenvalue weighted by Crippen LogP contribution is -1.95. The van der Waals surface area contributed by atoms with Crippen molar-refractivity contribution in [1.29, 1.82) is 0 Å². The molecule has 0 radical (unpaired) electrons. The van der Waals surface area contributed by atoms with E-state index in [2.05, 4.69) is 23.5 Å². The number of carbonyl (C=O) groups is 1. The molecule has 0 saturated heterocycles. The standard InChI is InChI=1S/C15H14N2O/c1-3-11-9-16-15(17-10-11)13-7-5-12(6-8-13)14(18)4-2/h4-10H,2-3H2,1H3. The first-order valence-electron chi connectivity index (χ1n) is 5.82. The summed E-state index contributed by atoms with van der Waals surface area (Å²) in [7, 11) is 0. The van der Waals surface area contributed by atoms with Crippen LogP contribution < -0.4 is 0 Å². The number of benzene rings is 1. The van der Waals surface area contributed by atoms with E-state index < -0.39 is 0 Å². The van der Waals surface area contributed by atoms with Crippen LogP contribution in [0.25, 0.3) is 11.4 Å². The molecule has 1 aromatic heterocycles. The van der Waals surface area contributed by atoms with Crippen molar-refractivity contribution in [3.05, 3.63) is 60.4 Å². The van der Waals surface area contributed by atoms with E-state index in [1.807, 2.05) is 24.5 Å². The Kier molecular flexibility index (Phi) is 3.63. The highest BCUT2D eigenvalue weighted by molar-refractivity contribution is 6.04. The van der Waals surface area contributed by atoms with Gasteiger partial charge in [-0.15, -0.1) is 0 Å². The largest absolute Gasteiger partial charge is 0.289 e. The summed E-state index contributed by atoms with van der Waals surface area (Å²) in [5, 5.41) is 0. The summed E-state index contributed by atoms with van der Waals surface area (Å²) in [4.78, 5) is 20.0. The van der Waals surface area contributed by atoms with Crippen molar-refractivity contribution >= 4 is 5.78 Å². The summed E-state index contributed by atoms with van der Waals surface area (Å²) < 4.78 is 0. The fourth-order valence-corrected chi connectivity index (χ4v) is 1.59. The van der Waals surface area contributed by atoms with E-state index in [4.69, 9.17) is 0 Å². The maximum Gasteiger partial charge on any atom is 0.185 e. The zero-order valence-electron chi connectivity index (χ0n) is 10.3. The van der Waals surface area contributed by atoms with Crippen LogP contribution in [-0.4, -0.2) is 15.8 Å². The molecule has 0 spiro atoms. The molecule has 0 bridgehead atoms. The second-order valence-electron chi connectivity index (χ2n) is 3.91. The van der Waals surface area contributed by atoms with Crippen LogP contribution in [0.5, 0.6) is 0 Å². The van der Waals surface area contributed by atoms with E-state index in [9.17, 15) is 4.79 Å². The Morgan fingerprint density at radius 1 is 1.22 bits per heavy atom. The molecule has 1 heterocycles. The molecule has 0 aliphatic rings. The minimum Gasteiger partial charge on any atom is -0.289 e. The molecule has 2 rings (SSSR count). The average Bonchev–Trinajstić information content (AvgIpc) is 2.47. The SMILES string of the molecule is C=CC(=O)c1ccc(-c2ncc(CC)cn2)cc1. The van der Waals surface area contributed by atoms with Crippen LogP contribution in [0, 0.1) is 0 Å². The molecule has 0 N–H and O–H groups in total.